The fourth-order valence-corrected chi connectivity index (χ4v) is 2.18. The second-order valence-electron chi connectivity index (χ2n) is 5.23. The molecule has 7 heteroatoms. The molecule has 0 fully saturated rings. The Hall–Kier alpha value is -2.96. The molecule has 3 rings (SSSR count). The molecule has 0 N–H and O–H groups in total. The van der Waals surface area contributed by atoms with Crippen LogP contribution in [0.4, 0.5) is 4.39 Å². The van der Waals surface area contributed by atoms with E-state index in [1.807, 2.05) is 19.3 Å². The molecule has 0 radical (unpaired) electrons. The van der Waals surface area contributed by atoms with Crippen molar-refractivity contribution in [1.82, 2.24) is 19.8 Å². The Labute approximate surface area is 132 Å². The first-order valence-corrected chi connectivity index (χ1v) is 6.99. The summed E-state index contributed by atoms with van der Waals surface area (Å²) in [5.74, 6) is -0.188. The standard InChI is InChI=1S/C16H15FN4O2/c1-20(10-13-7-8-21(2)18-13)16(22)14-9-15(23-19-14)11-3-5-12(17)6-4-11/h3-9H,10H2,1-2H3. The number of aryl methyl sites for hydroxylation is 1. The first kappa shape index (κ1) is 15.0. The quantitative estimate of drug-likeness (QED) is 0.742. The molecule has 0 saturated carbocycles. The lowest BCUT2D eigenvalue weighted by atomic mass is 10.1. The highest BCUT2D eigenvalue weighted by Crippen LogP contribution is 2.21. The zero-order chi connectivity index (χ0) is 16.4. The molecule has 0 spiro atoms. The second kappa shape index (κ2) is 6.04. The van der Waals surface area contributed by atoms with Gasteiger partial charge in [-0.25, -0.2) is 4.39 Å². The van der Waals surface area contributed by atoms with E-state index in [9.17, 15) is 9.18 Å². The van der Waals surface area contributed by atoms with Gasteiger partial charge in [0.15, 0.2) is 11.5 Å². The number of benzene rings is 1. The fraction of sp³-hybridized carbons (Fsp3) is 0.188. The van der Waals surface area contributed by atoms with Gasteiger partial charge >= 0.3 is 0 Å². The number of halogens is 1. The summed E-state index contributed by atoms with van der Waals surface area (Å²) in [4.78, 5) is 13.9. The van der Waals surface area contributed by atoms with Gasteiger partial charge in [0, 0.05) is 31.9 Å². The van der Waals surface area contributed by atoms with Gasteiger partial charge < -0.3 is 9.42 Å². The summed E-state index contributed by atoms with van der Waals surface area (Å²) in [6.45, 7) is 0.373. The molecule has 0 atom stereocenters. The Morgan fingerprint density at radius 1 is 1.30 bits per heavy atom. The third kappa shape index (κ3) is 3.28. The van der Waals surface area contributed by atoms with Crippen molar-refractivity contribution in [1.29, 1.82) is 0 Å². The van der Waals surface area contributed by atoms with Crippen LogP contribution in [-0.2, 0) is 13.6 Å². The van der Waals surface area contributed by atoms with Crippen LogP contribution >= 0.6 is 0 Å². The summed E-state index contributed by atoms with van der Waals surface area (Å²) >= 11 is 0. The largest absolute Gasteiger partial charge is 0.355 e. The molecule has 118 valence electrons. The van der Waals surface area contributed by atoms with E-state index in [1.54, 1.807) is 29.9 Å². The van der Waals surface area contributed by atoms with Crippen molar-refractivity contribution >= 4 is 5.91 Å². The zero-order valence-electron chi connectivity index (χ0n) is 12.7. The fourth-order valence-electron chi connectivity index (χ4n) is 2.18. The van der Waals surface area contributed by atoms with Crippen LogP contribution in [0.2, 0.25) is 0 Å². The molecule has 0 aliphatic rings. The van der Waals surface area contributed by atoms with Crippen LogP contribution in [0.1, 0.15) is 16.2 Å². The molecule has 0 saturated heterocycles. The molecular formula is C16H15FN4O2. The predicted molar refractivity (Wildman–Crippen MR) is 80.9 cm³/mol. The van der Waals surface area contributed by atoms with Crippen LogP contribution < -0.4 is 0 Å². The Bertz CT molecular complexity index is 823. The molecule has 2 heterocycles. The van der Waals surface area contributed by atoms with Gasteiger partial charge in [0.1, 0.15) is 5.82 Å². The van der Waals surface area contributed by atoms with Crippen molar-refractivity contribution in [3.05, 3.63) is 59.8 Å². The average molecular weight is 314 g/mol. The van der Waals surface area contributed by atoms with Gasteiger partial charge in [-0.05, 0) is 30.3 Å². The van der Waals surface area contributed by atoms with Crippen LogP contribution in [-0.4, -0.2) is 32.8 Å². The summed E-state index contributed by atoms with van der Waals surface area (Å²) in [5, 5.41) is 8.03. The molecule has 0 bridgehead atoms. The Morgan fingerprint density at radius 2 is 2.04 bits per heavy atom. The molecule has 6 nitrogen and oxygen atoms in total. The molecule has 23 heavy (non-hydrogen) atoms. The van der Waals surface area contributed by atoms with E-state index in [-0.39, 0.29) is 17.4 Å². The predicted octanol–water partition coefficient (Wildman–Crippen LogP) is 2.49. The third-order valence-corrected chi connectivity index (χ3v) is 3.37. The maximum atomic E-state index is 12.9. The number of amides is 1. The van der Waals surface area contributed by atoms with Gasteiger partial charge in [0.05, 0.1) is 12.2 Å². The van der Waals surface area contributed by atoms with E-state index in [1.165, 1.54) is 17.0 Å². The lowest BCUT2D eigenvalue weighted by Crippen LogP contribution is -2.26. The van der Waals surface area contributed by atoms with Crippen LogP contribution in [0.15, 0.2) is 47.1 Å². The molecule has 2 aromatic heterocycles. The lowest BCUT2D eigenvalue weighted by molar-refractivity contribution is 0.0773. The molecule has 1 amide bonds. The van der Waals surface area contributed by atoms with Gasteiger partial charge in [-0.2, -0.15) is 5.10 Å². The molecule has 1 aromatic carbocycles. The van der Waals surface area contributed by atoms with Gasteiger partial charge in [-0.3, -0.25) is 9.48 Å². The molecule has 0 aliphatic carbocycles. The smallest absolute Gasteiger partial charge is 0.276 e. The monoisotopic (exact) mass is 314 g/mol. The number of nitrogens with zero attached hydrogens (tertiary/aromatic N) is 4. The maximum absolute atomic E-state index is 12.9. The zero-order valence-corrected chi connectivity index (χ0v) is 12.7. The van der Waals surface area contributed by atoms with Crippen LogP contribution in [0, 0.1) is 5.82 Å². The maximum Gasteiger partial charge on any atom is 0.276 e. The number of carbonyl (C=O) groups is 1. The summed E-state index contributed by atoms with van der Waals surface area (Å²) in [6, 6.07) is 9.18. The topological polar surface area (TPSA) is 64.2 Å². The molecule has 0 aliphatic heterocycles. The van der Waals surface area contributed by atoms with Crippen molar-refractivity contribution in [3.8, 4) is 11.3 Å². The number of hydrogen-bond acceptors (Lipinski definition) is 4. The minimum atomic E-state index is -0.334. The number of aromatic nitrogens is 3. The first-order valence-electron chi connectivity index (χ1n) is 6.99. The number of hydrogen-bond donors (Lipinski definition) is 0. The van der Waals surface area contributed by atoms with Crippen LogP contribution in [0.5, 0.6) is 0 Å². The first-order chi connectivity index (χ1) is 11.0. The van der Waals surface area contributed by atoms with E-state index < -0.39 is 0 Å². The minimum absolute atomic E-state index is 0.197. The van der Waals surface area contributed by atoms with E-state index in [4.69, 9.17) is 4.52 Å². The van der Waals surface area contributed by atoms with Crippen LogP contribution in [0.3, 0.4) is 0 Å². The van der Waals surface area contributed by atoms with Crippen molar-refractivity contribution in [3.63, 3.8) is 0 Å². The third-order valence-electron chi connectivity index (χ3n) is 3.37. The van der Waals surface area contributed by atoms with Crippen LogP contribution in [0.25, 0.3) is 11.3 Å². The average Bonchev–Trinajstić information content (AvgIpc) is 3.16. The van der Waals surface area contributed by atoms with E-state index in [0.717, 1.165) is 5.69 Å². The van der Waals surface area contributed by atoms with Crippen molar-refractivity contribution in [2.24, 2.45) is 7.05 Å². The summed E-state index contributed by atoms with van der Waals surface area (Å²) in [5.41, 5.74) is 1.64. The highest BCUT2D eigenvalue weighted by Gasteiger charge is 2.18. The summed E-state index contributed by atoms with van der Waals surface area (Å²) in [6.07, 6.45) is 1.82. The molecule has 3 aromatic rings. The Morgan fingerprint density at radius 3 is 2.70 bits per heavy atom. The van der Waals surface area contributed by atoms with Gasteiger partial charge in [-0.1, -0.05) is 5.16 Å². The summed E-state index contributed by atoms with van der Waals surface area (Å²) in [7, 11) is 3.49. The number of carbonyl (C=O) groups excluding carboxylic acids is 1. The lowest BCUT2D eigenvalue weighted by Gasteiger charge is -2.13. The summed E-state index contributed by atoms with van der Waals surface area (Å²) < 4.78 is 19.8. The SMILES string of the molecule is CN(Cc1ccn(C)n1)C(=O)c1cc(-c2ccc(F)cc2)on1. The highest BCUT2D eigenvalue weighted by molar-refractivity contribution is 5.92. The Kier molecular flexibility index (Phi) is 3.92. The van der Waals surface area contributed by atoms with Gasteiger partial charge in [0.2, 0.25) is 0 Å². The second-order valence-corrected chi connectivity index (χ2v) is 5.23. The van der Waals surface area contributed by atoms with E-state index in [0.29, 0.717) is 17.9 Å². The minimum Gasteiger partial charge on any atom is -0.355 e. The molecular weight excluding hydrogens is 299 g/mol. The molecule has 0 unspecified atom stereocenters. The number of rotatable bonds is 4. The normalized spacial score (nSPS) is 10.7. The van der Waals surface area contributed by atoms with Crippen molar-refractivity contribution < 1.29 is 13.7 Å². The van der Waals surface area contributed by atoms with E-state index in [2.05, 4.69) is 10.3 Å². The van der Waals surface area contributed by atoms with Gasteiger partial charge in [0.25, 0.3) is 5.91 Å². The van der Waals surface area contributed by atoms with Gasteiger partial charge in [-0.15, -0.1) is 0 Å². The van der Waals surface area contributed by atoms with E-state index >= 15 is 0 Å². The Balaban J connectivity index is 1.74. The van der Waals surface area contributed by atoms with Crippen molar-refractivity contribution in [2.75, 3.05) is 7.05 Å². The highest BCUT2D eigenvalue weighted by atomic mass is 19.1. The van der Waals surface area contributed by atoms with Crippen molar-refractivity contribution in [2.45, 2.75) is 6.54 Å².